The van der Waals surface area contributed by atoms with Crippen molar-refractivity contribution in [3.63, 3.8) is 0 Å². The summed E-state index contributed by atoms with van der Waals surface area (Å²) < 4.78 is 7.40. The van der Waals surface area contributed by atoms with Gasteiger partial charge in [0.15, 0.2) is 5.82 Å². The first-order valence-electron chi connectivity index (χ1n) is 8.63. The zero-order valence-corrected chi connectivity index (χ0v) is 15.1. The second kappa shape index (κ2) is 7.65. The number of morpholine rings is 1. The molecule has 0 spiro atoms. The van der Waals surface area contributed by atoms with E-state index in [1.54, 1.807) is 18.3 Å². The Bertz CT molecular complexity index is 722. The number of carbonyl (C=O) groups excluding carboxylic acids is 1. The number of anilines is 1. The summed E-state index contributed by atoms with van der Waals surface area (Å²) in [5.41, 5.74) is 1.68. The first-order valence-corrected chi connectivity index (χ1v) is 8.63. The molecule has 1 aliphatic rings. The minimum Gasteiger partial charge on any atom is -0.378 e. The van der Waals surface area contributed by atoms with Crippen LogP contribution in [0, 0.1) is 0 Å². The first-order chi connectivity index (χ1) is 12.1. The number of aromatic nitrogens is 3. The lowest BCUT2D eigenvalue weighted by atomic mass is 10.1. The number of ether oxygens (including phenoxy) is 1. The summed E-state index contributed by atoms with van der Waals surface area (Å²) in [5.74, 6) is 0.773. The predicted molar refractivity (Wildman–Crippen MR) is 95.7 cm³/mol. The van der Waals surface area contributed by atoms with E-state index < -0.39 is 0 Å². The van der Waals surface area contributed by atoms with Crippen LogP contribution in [0.1, 0.15) is 36.1 Å². The molecule has 7 nitrogen and oxygen atoms in total. The molecule has 2 heterocycles. The van der Waals surface area contributed by atoms with Crippen LogP contribution in [0.2, 0.25) is 0 Å². The van der Waals surface area contributed by atoms with E-state index in [1.165, 1.54) is 0 Å². The fourth-order valence-corrected chi connectivity index (χ4v) is 3.04. The number of amides is 1. The molecule has 0 unspecified atom stereocenters. The number of nitrogens with zero attached hydrogens (tertiary/aromatic N) is 5. The van der Waals surface area contributed by atoms with Gasteiger partial charge in [-0.3, -0.25) is 4.79 Å². The van der Waals surface area contributed by atoms with Crippen molar-refractivity contribution in [1.29, 1.82) is 0 Å². The molecule has 1 fully saturated rings. The summed E-state index contributed by atoms with van der Waals surface area (Å²) in [6.07, 6.45) is 1.71. The van der Waals surface area contributed by atoms with Gasteiger partial charge in [-0.15, -0.1) is 10.2 Å². The Morgan fingerprint density at radius 3 is 2.72 bits per heavy atom. The van der Waals surface area contributed by atoms with Crippen LogP contribution >= 0.6 is 0 Å². The van der Waals surface area contributed by atoms with Gasteiger partial charge >= 0.3 is 0 Å². The SMILES string of the molecule is CC(C)n1cnnc1CN(C)C(=O)c1ccccc1N1CCOCC1. The highest BCUT2D eigenvalue weighted by atomic mass is 16.5. The Hall–Kier alpha value is -2.41. The minimum absolute atomic E-state index is 0.0135. The summed E-state index contributed by atoms with van der Waals surface area (Å²) >= 11 is 0. The van der Waals surface area contributed by atoms with Crippen LogP contribution in [0.15, 0.2) is 30.6 Å². The number of carbonyl (C=O) groups is 1. The average molecular weight is 343 g/mol. The van der Waals surface area contributed by atoms with Gasteiger partial charge in [-0.2, -0.15) is 0 Å². The molecule has 2 aromatic rings. The Morgan fingerprint density at radius 1 is 1.28 bits per heavy atom. The minimum atomic E-state index is -0.0135. The largest absolute Gasteiger partial charge is 0.378 e. The second-order valence-corrected chi connectivity index (χ2v) is 6.53. The highest BCUT2D eigenvalue weighted by molar-refractivity contribution is 5.99. The van der Waals surface area contributed by atoms with Crippen LogP contribution in [0.5, 0.6) is 0 Å². The maximum absolute atomic E-state index is 13.0. The van der Waals surface area contributed by atoms with Gasteiger partial charge in [-0.25, -0.2) is 0 Å². The molecule has 0 atom stereocenters. The van der Waals surface area contributed by atoms with Crippen LogP contribution in [0.25, 0.3) is 0 Å². The van der Waals surface area contributed by atoms with Crippen molar-refractivity contribution in [1.82, 2.24) is 19.7 Å². The zero-order valence-electron chi connectivity index (χ0n) is 15.1. The summed E-state index contributed by atoms with van der Waals surface area (Å²) in [5, 5.41) is 8.13. The van der Waals surface area contributed by atoms with Gasteiger partial charge in [-0.1, -0.05) is 12.1 Å². The number of hydrogen-bond donors (Lipinski definition) is 0. The molecule has 1 aliphatic heterocycles. The molecule has 25 heavy (non-hydrogen) atoms. The number of hydrogen-bond acceptors (Lipinski definition) is 5. The Morgan fingerprint density at radius 2 is 2.00 bits per heavy atom. The van der Waals surface area contributed by atoms with E-state index in [2.05, 4.69) is 28.9 Å². The van der Waals surface area contributed by atoms with Crippen LogP contribution in [-0.2, 0) is 11.3 Å². The summed E-state index contributed by atoms with van der Waals surface area (Å²) in [7, 11) is 1.80. The maximum atomic E-state index is 13.0. The van der Waals surface area contributed by atoms with E-state index in [0.717, 1.165) is 24.6 Å². The van der Waals surface area contributed by atoms with Crippen LogP contribution in [0.3, 0.4) is 0 Å². The molecule has 1 aromatic heterocycles. The number of benzene rings is 1. The fourth-order valence-electron chi connectivity index (χ4n) is 3.04. The van der Waals surface area contributed by atoms with Crippen molar-refractivity contribution in [3.8, 4) is 0 Å². The summed E-state index contributed by atoms with van der Waals surface area (Å²) in [6, 6.07) is 8.02. The first kappa shape index (κ1) is 17.4. The van der Waals surface area contributed by atoms with Crippen LogP contribution in [0.4, 0.5) is 5.69 Å². The lowest BCUT2D eigenvalue weighted by Crippen LogP contribution is -2.38. The monoisotopic (exact) mass is 343 g/mol. The second-order valence-electron chi connectivity index (χ2n) is 6.53. The standard InChI is InChI=1S/C18H25N5O2/c1-14(2)23-13-19-20-17(23)12-21(3)18(24)15-6-4-5-7-16(15)22-8-10-25-11-9-22/h4-7,13-14H,8-12H2,1-3H3. The topological polar surface area (TPSA) is 63.5 Å². The molecule has 0 aliphatic carbocycles. The van der Waals surface area contributed by atoms with E-state index in [-0.39, 0.29) is 11.9 Å². The van der Waals surface area contributed by atoms with Gasteiger partial charge in [0.2, 0.25) is 0 Å². The molecule has 0 N–H and O–H groups in total. The Labute approximate surface area is 148 Å². The van der Waals surface area contributed by atoms with E-state index in [0.29, 0.717) is 25.3 Å². The molecule has 3 rings (SSSR count). The summed E-state index contributed by atoms with van der Waals surface area (Å²) in [6.45, 7) is 7.55. The molecule has 1 saturated heterocycles. The van der Waals surface area contributed by atoms with E-state index >= 15 is 0 Å². The smallest absolute Gasteiger partial charge is 0.256 e. The third kappa shape index (κ3) is 3.82. The molecule has 0 radical (unpaired) electrons. The summed E-state index contributed by atoms with van der Waals surface area (Å²) in [4.78, 5) is 16.9. The normalized spacial score (nSPS) is 14.8. The van der Waals surface area contributed by atoms with Gasteiger partial charge in [0.05, 0.1) is 25.3 Å². The highest BCUT2D eigenvalue weighted by Gasteiger charge is 2.22. The van der Waals surface area contributed by atoms with Gasteiger partial charge in [0, 0.05) is 31.9 Å². The third-order valence-electron chi connectivity index (χ3n) is 4.42. The molecule has 134 valence electrons. The number of para-hydroxylation sites is 1. The number of rotatable bonds is 5. The molecule has 1 amide bonds. The van der Waals surface area contributed by atoms with Crippen molar-refractivity contribution in [2.24, 2.45) is 0 Å². The van der Waals surface area contributed by atoms with Crippen molar-refractivity contribution >= 4 is 11.6 Å². The Balaban J connectivity index is 1.79. The van der Waals surface area contributed by atoms with Gasteiger partial charge < -0.3 is 19.1 Å². The lowest BCUT2D eigenvalue weighted by molar-refractivity contribution is 0.0778. The lowest BCUT2D eigenvalue weighted by Gasteiger charge is -2.31. The fraction of sp³-hybridized carbons (Fsp3) is 0.500. The van der Waals surface area contributed by atoms with Gasteiger partial charge in [0.25, 0.3) is 5.91 Å². The average Bonchev–Trinajstić information content (AvgIpc) is 3.10. The maximum Gasteiger partial charge on any atom is 0.256 e. The quantitative estimate of drug-likeness (QED) is 0.830. The predicted octanol–water partition coefficient (Wildman–Crippen LogP) is 1.97. The third-order valence-corrected chi connectivity index (χ3v) is 4.42. The zero-order chi connectivity index (χ0) is 17.8. The van der Waals surface area contributed by atoms with Crippen molar-refractivity contribution < 1.29 is 9.53 Å². The van der Waals surface area contributed by atoms with Crippen LogP contribution < -0.4 is 4.90 Å². The molecular weight excluding hydrogens is 318 g/mol. The van der Waals surface area contributed by atoms with Gasteiger partial charge in [-0.05, 0) is 26.0 Å². The molecule has 7 heteroatoms. The molecule has 0 bridgehead atoms. The van der Waals surface area contributed by atoms with Gasteiger partial charge in [0.1, 0.15) is 6.33 Å². The van der Waals surface area contributed by atoms with E-state index in [1.807, 2.05) is 28.8 Å². The van der Waals surface area contributed by atoms with Crippen molar-refractivity contribution in [2.45, 2.75) is 26.4 Å². The van der Waals surface area contributed by atoms with Crippen molar-refractivity contribution in [2.75, 3.05) is 38.3 Å². The van der Waals surface area contributed by atoms with Crippen LogP contribution in [-0.4, -0.2) is 58.9 Å². The Kier molecular flexibility index (Phi) is 5.33. The highest BCUT2D eigenvalue weighted by Crippen LogP contribution is 2.23. The molecule has 1 aromatic carbocycles. The van der Waals surface area contributed by atoms with E-state index in [4.69, 9.17) is 4.74 Å². The van der Waals surface area contributed by atoms with E-state index in [9.17, 15) is 4.79 Å². The molecular formula is C18H25N5O2. The molecule has 0 saturated carbocycles. The van der Waals surface area contributed by atoms with Crippen molar-refractivity contribution in [3.05, 3.63) is 42.0 Å².